The summed E-state index contributed by atoms with van der Waals surface area (Å²) in [5.74, 6) is -2.10. The van der Waals surface area contributed by atoms with E-state index in [0.29, 0.717) is 5.69 Å². The van der Waals surface area contributed by atoms with Gasteiger partial charge in [-0.25, -0.2) is 0 Å². The number of para-hydroxylation sites is 1. The summed E-state index contributed by atoms with van der Waals surface area (Å²) in [6, 6.07) is 8.40. The molecule has 2 N–H and O–H groups in total. The molecule has 0 fully saturated rings. The lowest BCUT2D eigenvalue weighted by Gasteiger charge is -2.29. The molecule has 0 heterocycles. The standard InChI is InChI=1S/C13H9Cl3N2O4/c14-9-6-8(12(19)17-7-4-2-1-3-5-7)13(16,20)11(15)10(9)18(21)22/h1-6,8,20H,(H,17,19). The van der Waals surface area contributed by atoms with E-state index in [1.54, 1.807) is 30.3 Å². The van der Waals surface area contributed by atoms with Gasteiger partial charge in [-0.1, -0.05) is 53.0 Å². The van der Waals surface area contributed by atoms with Gasteiger partial charge in [0.25, 0.3) is 0 Å². The zero-order valence-corrected chi connectivity index (χ0v) is 13.1. The fraction of sp³-hybridized carbons (Fsp3) is 0.154. The molecule has 1 amide bonds. The molecule has 0 aromatic heterocycles. The van der Waals surface area contributed by atoms with Crippen molar-refractivity contribution in [3.05, 3.63) is 62.3 Å². The lowest BCUT2D eigenvalue weighted by molar-refractivity contribution is -0.421. The Morgan fingerprint density at radius 3 is 2.45 bits per heavy atom. The van der Waals surface area contributed by atoms with Crippen LogP contribution in [0.5, 0.6) is 0 Å². The normalized spacial score (nSPS) is 24.7. The molecule has 2 atom stereocenters. The third-order valence-electron chi connectivity index (χ3n) is 2.97. The van der Waals surface area contributed by atoms with Gasteiger partial charge in [0.2, 0.25) is 5.91 Å². The van der Waals surface area contributed by atoms with Crippen LogP contribution in [0.15, 0.2) is 52.2 Å². The van der Waals surface area contributed by atoms with E-state index in [1.807, 2.05) is 0 Å². The van der Waals surface area contributed by atoms with Gasteiger partial charge in [0, 0.05) is 5.69 Å². The van der Waals surface area contributed by atoms with Gasteiger partial charge in [-0.3, -0.25) is 14.9 Å². The van der Waals surface area contributed by atoms with Crippen LogP contribution < -0.4 is 5.32 Å². The molecule has 2 rings (SSSR count). The van der Waals surface area contributed by atoms with E-state index < -0.39 is 32.5 Å². The monoisotopic (exact) mass is 362 g/mol. The number of halogens is 3. The van der Waals surface area contributed by atoms with E-state index in [-0.39, 0.29) is 5.03 Å². The number of carbonyl (C=O) groups excluding carboxylic acids is 1. The Labute approximate surface area is 140 Å². The number of alkyl halides is 1. The summed E-state index contributed by atoms with van der Waals surface area (Å²) in [5, 5.41) is 20.1. The van der Waals surface area contributed by atoms with Crippen molar-refractivity contribution in [3.8, 4) is 0 Å². The second kappa shape index (κ2) is 6.26. The summed E-state index contributed by atoms with van der Waals surface area (Å²) >= 11 is 17.4. The number of nitro groups is 1. The minimum absolute atomic E-state index is 0.367. The van der Waals surface area contributed by atoms with E-state index in [2.05, 4.69) is 5.32 Å². The molecule has 0 saturated carbocycles. The van der Waals surface area contributed by atoms with Gasteiger partial charge < -0.3 is 10.4 Å². The smallest absolute Gasteiger partial charge is 0.306 e. The summed E-state index contributed by atoms with van der Waals surface area (Å²) in [5.41, 5.74) is -0.269. The highest BCUT2D eigenvalue weighted by molar-refractivity contribution is 6.42. The van der Waals surface area contributed by atoms with Crippen LogP contribution in [0.4, 0.5) is 5.69 Å². The lowest BCUT2D eigenvalue weighted by atomic mass is 9.94. The van der Waals surface area contributed by atoms with Crippen molar-refractivity contribution in [2.45, 2.75) is 5.06 Å². The third-order valence-corrected chi connectivity index (χ3v) is 4.27. The maximum Gasteiger partial charge on any atom is 0.306 e. The van der Waals surface area contributed by atoms with Crippen LogP contribution >= 0.6 is 34.8 Å². The Kier molecular flexibility index (Phi) is 4.77. The van der Waals surface area contributed by atoms with Crippen LogP contribution in [0.2, 0.25) is 0 Å². The molecule has 1 aliphatic rings. The van der Waals surface area contributed by atoms with Crippen molar-refractivity contribution in [2.24, 2.45) is 5.92 Å². The average Bonchev–Trinajstić information content (AvgIpc) is 2.44. The Morgan fingerprint density at radius 1 is 1.32 bits per heavy atom. The number of nitrogens with one attached hydrogen (secondary N) is 1. The van der Waals surface area contributed by atoms with Gasteiger partial charge >= 0.3 is 5.70 Å². The number of aliphatic hydroxyl groups is 1. The Balaban J connectivity index is 2.33. The molecule has 6 nitrogen and oxygen atoms in total. The van der Waals surface area contributed by atoms with Crippen LogP contribution in [0.25, 0.3) is 0 Å². The van der Waals surface area contributed by atoms with Gasteiger partial charge in [0.15, 0.2) is 5.06 Å². The van der Waals surface area contributed by atoms with Gasteiger partial charge in [-0.2, -0.15) is 0 Å². The molecule has 1 aliphatic carbocycles. The van der Waals surface area contributed by atoms with Gasteiger partial charge in [0.05, 0.1) is 4.92 Å². The fourth-order valence-corrected chi connectivity index (χ4v) is 2.78. The van der Waals surface area contributed by atoms with E-state index >= 15 is 0 Å². The maximum absolute atomic E-state index is 12.2. The predicted molar refractivity (Wildman–Crippen MR) is 83.2 cm³/mol. The number of carbonyl (C=O) groups is 1. The molecular weight excluding hydrogens is 355 g/mol. The molecule has 0 bridgehead atoms. The lowest BCUT2D eigenvalue weighted by Crippen LogP contribution is -2.42. The molecule has 1 aromatic rings. The number of benzene rings is 1. The maximum atomic E-state index is 12.2. The summed E-state index contributed by atoms with van der Waals surface area (Å²) in [7, 11) is 0. The van der Waals surface area contributed by atoms with Gasteiger partial charge in [-0.05, 0) is 18.2 Å². The summed E-state index contributed by atoms with van der Waals surface area (Å²) in [4.78, 5) is 22.3. The van der Waals surface area contributed by atoms with Crippen molar-refractivity contribution in [1.82, 2.24) is 0 Å². The highest BCUT2D eigenvalue weighted by atomic mass is 35.5. The zero-order valence-electron chi connectivity index (χ0n) is 10.8. The molecule has 9 heteroatoms. The number of allylic oxidation sites excluding steroid dienone is 1. The van der Waals surface area contributed by atoms with Crippen LogP contribution in [0, 0.1) is 16.0 Å². The largest absolute Gasteiger partial charge is 0.369 e. The summed E-state index contributed by atoms with van der Waals surface area (Å²) in [6.45, 7) is 0. The van der Waals surface area contributed by atoms with Crippen molar-refractivity contribution in [1.29, 1.82) is 0 Å². The average molecular weight is 364 g/mol. The highest BCUT2D eigenvalue weighted by Gasteiger charge is 2.50. The first-order valence-corrected chi connectivity index (χ1v) is 7.08. The molecule has 116 valence electrons. The van der Waals surface area contributed by atoms with Crippen molar-refractivity contribution in [2.75, 3.05) is 5.32 Å². The van der Waals surface area contributed by atoms with E-state index in [0.717, 1.165) is 6.08 Å². The predicted octanol–water partition coefficient (Wildman–Crippen LogP) is 3.03. The second-order valence-electron chi connectivity index (χ2n) is 4.44. The van der Waals surface area contributed by atoms with E-state index in [9.17, 15) is 20.0 Å². The van der Waals surface area contributed by atoms with Crippen LogP contribution in [0.3, 0.4) is 0 Å². The van der Waals surface area contributed by atoms with Crippen LogP contribution in [0.1, 0.15) is 0 Å². The fourth-order valence-electron chi connectivity index (χ4n) is 1.90. The van der Waals surface area contributed by atoms with E-state index in [4.69, 9.17) is 34.8 Å². The van der Waals surface area contributed by atoms with Crippen molar-refractivity contribution < 1.29 is 14.8 Å². The number of amides is 1. The number of rotatable bonds is 3. The first kappa shape index (κ1) is 16.8. The van der Waals surface area contributed by atoms with Crippen LogP contribution in [-0.4, -0.2) is 21.0 Å². The SMILES string of the molecule is O=C(Nc1ccccc1)C1C=C(Cl)C([N+](=O)[O-])=C(Cl)C1(O)Cl. The van der Waals surface area contributed by atoms with Gasteiger partial charge in [0.1, 0.15) is 16.0 Å². The molecule has 1 aromatic carbocycles. The Morgan fingerprint density at radius 2 is 1.91 bits per heavy atom. The number of nitrogens with zero attached hydrogens (tertiary/aromatic N) is 1. The molecule has 2 unspecified atom stereocenters. The second-order valence-corrected chi connectivity index (χ2v) is 5.80. The summed E-state index contributed by atoms with van der Waals surface area (Å²) < 4.78 is 0. The molecule has 22 heavy (non-hydrogen) atoms. The summed E-state index contributed by atoms with van der Waals surface area (Å²) in [6.07, 6.45) is 0.997. The molecule has 0 saturated heterocycles. The molecular formula is C13H9Cl3N2O4. The molecule has 0 aliphatic heterocycles. The quantitative estimate of drug-likeness (QED) is 0.490. The topological polar surface area (TPSA) is 92.5 Å². The molecule has 0 spiro atoms. The van der Waals surface area contributed by atoms with Crippen molar-refractivity contribution >= 4 is 46.4 Å². The van der Waals surface area contributed by atoms with Gasteiger partial charge in [-0.15, -0.1) is 0 Å². The minimum atomic E-state index is -2.46. The zero-order chi connectivity index (χ0) is 16.5. The van der Waals surface area contributed by atoms with Crippen LogP contribution in [-0.2, 0) is 4.79 Å². The minimum Gasteiger partial charge on any atom is -0.369 e. The number of hydrogen-bond donors (Lipinski definition) is 2. The Hall–Kier alpha value is -1.60. The third kappa shape index (κ3) is 3.10. The number of anilines is 1. The van der Waals surface area contributed by atoms with Crippen molar-refractivity contribution in [3.63, 3.8) is 0 Å². The first-order valence-electron chi connectivity index (χ1n) is 5.94. The van der Waals surface area contributed by atoms with E-state index in [1.165, 1.54) is 0 Å². The highest BCUT2D eigenvalue weighted by Crippen LogP contribution is 2.44. The first-order chi connectivity index (χ1) is 10.2. The number of hydrogen-bond acceptors (Lipinski definition) is 4. The molecule has 0 radical (unpaired) electrons. The Bertz CT molecular complexity index is 686.